The summed E-state index contributed by atoms with van der Waals surface area (Å²) >= 11 is 0. The maximum absolute atomic E-state index is 12.5. The van der Waals surface area contributed by atoms with Crippen LogP contribution in [0.2, 0.25) is 0 Å². The topological polar surface area (TPSA) is 64.4 Å². The number of benzene rings is 1. The van der Waals surface area contributed by atoms with Gasteiger partial charge in [0, 0.05) is 20.2 Å². The number of nitrogens with zero attached hydrogens (tertiary/aromatic N) is 3. The molecule has 0 bridgehead atoms. The van der Waals surface area contributed by atoms with Gasteiger partial charge in [0.15, 0.2) is 0 Å². The number of methoxy groups -OCH3 is 1. The van der Waals surface area contributed by atoms with Gasteiger partial charge in [-0.3, -0.25) is 14.2 Å². The molecule has 3 rings (SSSR count). The van der Waals surface area contributed by atoms with E-state index in [1.54, 1.807) is 18.9 Å². The van der Waals surface area contributed by atoms with E-state index in [9.17, 15) is 9.59 Å². The average Bonchev–Trinajstić information content (AvgIpc) is 3.01. The zero-order valence-electron chi connectivity index (χ0n) is 12.8. The van der Waals surface area contributed by atoms with Crippen LogP contribution >= 0.6 is 0 Å². The molecule has 1 aliphatic heterocycles. The summed E-state index contributed by atoms with van der Waals surface area (Å²) in [4.78, 5) is 30.9. The quantitative estimate of drug-likeness (QED) is 0.847. The van der Waals surface area contributed by atoms with Crippen molar-refractivity contribution in [3.05, 3.63) is 40.3 Å². The highest BCUT2D eigenvalue weighted by Crippen LogP contribution is 2.14. The van der Waals surface area contributed by atoms with Crippen LogP contribution in [-0.2, 0) is 16.1 Å². The minimum absolute atomic E-state index is 0.0408. The molecule has 1 saturated heterocycles. The second-order valence-electron chi connectivity index (χ2n) is 5.56. The Morgan fingerprint density at radius 2 is 2.18 bits per heavy atom. The molecule has 6 nitrogen and oxygen atoms in total. The highest BCUT2D eigenvalue weighted by atomic mass is 16.5. The van der Waals surface area contributed by atoms with E-state index in [2.05, 4.69) is 4.98 Å². The largest absolute Gasteiger partial charge is 0.380 e. The van der Waals surface area contributed by atoms with Crippen LogP contribution in [0.3, 0.4) is 0 Å². The van der Waals surface area contributed by atoms with E-state index >= 15 is 0 Å². The summed E-state index contributed by atoms with van der Waals surface area (Å²) in [6.45, 7) is 2.98. The molecule has 22 heavy (non-hydrogen) atoms. The highest BCUT2D eigenvalue weighted by molar-refractivity contribution is 5.80. The number of carbonyl (C=O) groups is 1. The van der Waals surface area contributed by atoms with Crippen LogP contribution < -0.4 is 5.56 Å². The van der Waals surface area contributed by atoms with Gasteiger partial charge in [-0.1, -0.05) is 12.1 Å². The van der Waals surface area contributed by atoms with Crippen LogP contribution in [0.25, 0.3) is 11.0 Å². The van der Waals surface area contributed by atoms with Crippen molar-refractivity contribution in [3.8, 4) is 0 Å². The summed E-state index contributed by atoms with van der Waals surface area (Å²) in [6, 6.07) is 7.38. The number of amides is 1. The zero-order chi connectivity index (χ0) is 15.7. The van der Waals surface area contributed by atoms with Crippen LogP contribution in [0, 0.1) is 6.92 Å². The predicted molar refractivity (Wildman–Crippen MR) is 82.7 cm³/mol. The Balaban J connectivity index is 1.92. The monoisotopic (exact) mass is 301 g/mol. The summed E-state index contributed by atoms with van der Waals surface area (Å²) in [5.41, 5.74) is 1.61. The van der Waals surface area contributed by atoms with E-state index in [0.29, 0.717) is 24.3 Å². The lowest BCUT2D eigenvalue weighted by Crippen LogP contribution is -2.36. The maximum Gasteiger partial charge on any atom is 0.272 e. The first-order valence-electron chi connectivity index (χ1n) is 7.37. The summed E-state index contributed by atoms with van der Waals surface area (Å²) in [5, 5.41) is 0. The molecular formula is C16H19N3O3. The van der Waals surface area contributed by atoms with Crippen LogP contribution in [0.1, 0.15) is 12.1 Å². The number of hydrogen-bond acceptors (Lipinski definition) is 4. The standard InChI is InChI=1S/C16H19N3O3/c1-11-16(21)19(14-6-4-3-5-13(14)17-11)10-15(20)18-8-7-12(9-18)22-2/h3-6,12H,7-10H2,1-2H3/t12-/m0/s1. The lowest BCUT2D eigenvalue weighted by Gasteiger charge is -2.18. The Labute approximate surface area is 128 Å². The van der Waals surface area contributed by atoms with Crippen molar-refractivity contribution in [1.82, 2.24) is 14.5 Å². The number of aryl methyl sites for hydroxylation is 1. The lowest BCUT2D eigenvalue weighted by molar-refractivity contribution is -0.131. The Morgan fingerprint density at radius 3 is 2.91 bits per heavy atom. The molecule has 1 atom stereocenters. The lowest BCUT2D eigenvalue weighted by atomic mass is 10.2. The summed E-state index contributed by atoms with van der Waals surface area (Å²) < 4.78 is 6.80. The number of fused-ring (bicyclic) bond motifs is 1. The van der Waals surface area contributed by atoms with Crippen LogP contribution in [0.5, 0.6) is 0 Å². The normalized spacial score (nSPS) is 18.1. The molecule has 6 heteroatoms. The summed E-state index contributed by atoms with van der Waals surface area (Å²) in [7, 11) is 1.66. The van der Waals surface area contributed by atoms with Crippen LogP contribution in [0.15, 0.2) is 29.1 Å². The molecule has 2 aromatic rings. The van der Waals surface area contributed by atoms with Crippen molar-refractivity contribution in [2.45, 2.75) is 26.0 Å². The molecule has 2 heterocycles. The molecule has 0 aliphatic carbocycles. The molecule has 116 valence electrons. The first kappa shape index (κ1) is 14.7. The minimum atomic E-state index is -0.213. The van der Waals surface area contributed by atoms with Crippen LogP contribution in [-0.4, -0.2) is 46.7 Å². The number of likely N-dealkylation sites (tertiary alicyclic amines) is 1. The van der Waals surface area contributed by atoms with Gasteiger partial charge in [-0.15, -0.1) is 0 Å². The SMILES string of the molecule is CO[C@H]1CCN(C(=O)Cn2c(=O)c(C)nc3ccccc32)C1. The van der Waals surface area contributed by atoms with Gasteiger partial charge in [-0.05, 0) is 25.5 Å². The van der Waals surface area contributed by atoms with Crippen molar-refractivity contribution in [3.63, 3.8) is 0 Å². The average molecular weight is 301 g/mol. The Hall–Kier alpha value is -2.21. The van der Waals surface area contributed by atoms with Gasteiger partial charge in [0.25, 0.3) is 5.56 Å². The second-order valence-corrected chi connectivity index (χ2v) is 5.56. The molecule has 1 amide bonds. The number of rotatable bonds is 3. The molecule has 0 radical (unpaired) electrons. The van der Waals surface area contributed by atoms with E-state index in [-0.39, 0.29) is 24.1 Å². The van der Waals surface area contributed by atoms with Crippen molar-refractivity contribution >= 4 is 16.9 Å². The number of para-hydroxylation sites is 2. The third-order valence-electron chi connectivity index (χ3n) is 4.14. The fourth-order valence-electron chi connectivity index (χ4n) is 2.86. The Bertz CT molecular complexity index is 769. The molecule has 0 unspecified atom stereocenters. The fraction of sp³-hybridized carbons (Fsp3) is 0.438. The van der Waals surface area contributed by atoms with E-state index in [1.807, 2.05) is 24.3 Å². The minimum Gasteiger partial charge on any atom is -0.380 e. The first-order chi connectivity index (χ1) is 10.6. The molecular weight excluding hydrogens is 282 g/mol. The summed E-state index contributed by atoms with van der Waals surface area (Å²) in [5.74, 6) is -0.0580. The maximum atomic E-state index is 12.5. The van der Waals surface area contributed by atoms with Gasteiger partial charge in [0.2, 0.25) is 5.91 Å². The van der Waals surface area contributed by atoms with Crippen molar-refractivity contribution < 1.29 is 9.53 Å². The van der Waals surface area contributed by atoms with E-state index in [0.717, 1.165) is 11.9 Å². The molecule has 0 saturated carbocycles. The van der Waals surface area contributed by atoms with Crippen molar-refractivity contribution in [2.75, 3.05) is 20.2 Å². The summed E-state index contributed by atoms with van der Waals surface area (Å²) in [6.07, 6.45) is 0.935. The molecule has 0 spiro atoms. The van der Waals surface area contributed by atoms with Crippen LogP contribution in [0.4, 0.5) is 0 Å². The molecule has 1 aromatic heterocycles. The Morgan fingerprint density at radius 1 is 1.41 bits per heavy atom. The molecule has 1 aromatic carbocycles. The zero-order valence-corrected chi connectivity index (χ0v) is 12.8. The fourth-order valence-corrected chi connectivity index (χ4v) is 2.86. The smallest absolute Gasteiger partial charge is 0.272 e. The van der Waals surface area contributed by atoms with Gasteiger partial charge < -0.3 is 9.64 Å². The van der Waals surface area contributed by atoms with Crippen molar-refractivity contribution in [1.29, 1.82) is 0 Å². The van der Waals surface area contributed by atoms with E-state index in [1.165, 1.54) is 4.57 Å². The molecule has 0 N–H and O–H groups in total. The van der Waals surface area contributed by atoms with Gasteiger partial charge in [0.1, 0.15) is 12.2 Å². The molecule has 1 fully saturated rings. The molecule has 1 aliphatic rings. The third-order valence-corrected chi connectivity index (χ3v) is 4.14. The van der Waals surface area contributed by atoms with E-state index < -0.39 is 0 Å². The second kappa shape index (κ2) is 5.88. The number of carbonyl (C=O) groups excluding carboxylic acids is 1. The number of aromatic nitrogens is 2. The van der Waals surface area contributed by atoms with Gasteiger partial charge >= 0.3 is 0 Å². The Kier molecular flexibility index (Phi) is 3.94. The number of ether oxygens (including phenoxy) is 1. The van der Waals surface area contributed by atoms with Crippen molar-refractivity contribution in [2.24, 2.45) is 0 Å². The first-order valence-corrected chi connectivity index (χ1v) is 7.37. The van der Waals surface area contributed by atoms with Gasteiger partial charge in [-0.25, -0.2) is 4.98 Å². The third kappa shape index (κ3) is 2.62. The predicted octanol–water partition coefficient (Wildman–Crippen LogP) is 0.952. The highest BCUT2D eigenvalue weighted by Gasteiger charge is 2.26. The van der Waals surface area contributed by atoms with Gasteiger partial charge in [-0.2, -0.15) is 0 Å². The van der Waals surface area contributed by atoms with E-state index in [4.69, 9.17) is 4.74 Å². The van der Waals surface area contributed by atoms with Gasteiger partial charge in [0.05, 0.1) is 17.1 Å². The number of hydrogen-bond donors (Lipinski definition) is 0.